The van der Waals surface area contributed by atoms with Gasteiger partial charge in [0.25, 0.3) is 0 Å². The molecule has 2 aromatic rings. The fourth-order valence-corrected chi connectivity index (χ4v) is 1.56. The van der Waals surface area contributed by atoms with E-state index in [2.05, 4.69) is 9.97 Å². The average molecular weight is 320 g/mol. The molecule has 0 saturated carbocycles. The molecule has 0 spiro atoms. The molecule has 21 heavy (non-hydrogen) atoms. The number of hydrogen-bond donors (Lipinski definition) is 1. The van der Waals surface area contributed by atoms with Crippen LogP contribution in [0.5, 0.6) is 17.6 Å². The molecule has 0 fully saturated rings. The van der Waals surface area contributed by atoms with Crippen LogP contribution in [0.3, 0.4) is 0 Å². The summed E-state index contributed by atoms with van der Waals surface area (Å²) in [6, 6.07) is 2.70. The Morgan fingerprint density at radius 2 is 2.00 bits per heavy atom. The summed E-state index contributed by atoms with van der Waals surface area (Å²) in [5.74, 6) is -0.0828. The first-order chi connectivity index (χ1) is 9.81. The molecule has 1 aromatic heterocycles. The van der Waals surface area contributed by atoms with Gasteiger partial charge in [-0.05, 0) is 18.2 Å². The first-order valence-electron chi connectivity index (χ1n) is 5.52. The number of ether oxygens (including phenoxy) is 2. The molecule has 1 heterocycles. The van der Waals surface area contributed by atoms with Crippen LogP contribution in [0.15, 0.2) is 24.4 Å². The summed E-state index contributed by atoms with van der Waals surface area (Å²) in [6.07, 6.45) is -3.24. The summed E-state index contributed by atoms with van der Waals surface area (Å²) in [6.45, 7) is 0. The van der Waals surface area contributed by atoms with Crippen LogP contribution in [0.2, 0.25) is 5.02 Å². The highest BCUT2D eigenvalue weighted by Crippen LogP contribution is 2.36. The topological polar surface area (TPSA) is 70.3 Å². The van der Waals surface area contributed by atoms with Crippen molar-refractivity contribution in [2.45, 2.75) is 6.18 Å². The van der Waals surface area contributed by atoms with E-state index in [9.17, 15) is 13.2 Å². The number of nitrogens with two attached hydrogens (primary N) is 1. The summed E-state index contributed by atoms with van der Waals surface area (Å²) >= 11 is 5.83. The number of benzene rings is 1. The Bertz CT molecular complexity index is 665. The quantitative estimate of drug-likeness (QED) is 0.876. The summed E-state index contributed by atoms with van der Waals surface area (Å²) in [5, 5.41) is 0.0649. The molecule has 0 saturated heterocycles. The van der Waals surface area contributed by atoms with E-state index in [0.717, 1.165) is 18.2 Å². The largest absolute Gasteiger partial charge is 0.467 e. The van der Waals surface area contributed by atoms with Gasteiger partial charge in [-0.1, -0.05) is 11.6 Å². The molecule has 0 amide bonds. The highest BCUT2D eigenvalue weighted by Gasteiger charge is 2.31. The van der Waals surface area contributed by atoms with Crippen LogP contribution in [0.4, 0.5) is 18.9 Å². The van der Waals surface area contributed by atoms with Gasteiger partial charge in [-0.2, -0.15) is 18.2 Å². The molecule has 2 N–H and O–H groups in total. The van der Waals surface area contributed by atoms with Gasteiger partial charge in [0, 0.05) is 0 Å². The minimum Gasteiger partial charge on any atom is -0.467 e. The monoisotopic (exact) mass is 319 g/mol. The highest BCUT2D eigenvalue weighted by molar-refractivity contribution is 6.31. The second-order valence-corrected chi connectivity index (χ2v) is 4.27. The van der Waals surface area contributed by atoms with Gasteiger partial charge >= 0.3 is 12.2 Å². The molecule has 0 aliphatic carbocycles. The molecule has 0 unspecified atom stereocenters. The Kier molecular flexibility index (Phi) is 4.08. The lowest BCUT2D eigenvalue weighted by molar-refractivity contribution is -0.137. The number of aromatic nitrogens is 2. The maximum Gasteiger partial charge on any atom is 0.416 e. The van der Waals surface area contributed by atoms with E-state index in [1.54, 1.807) is 0 Å². The Hall–Kier alpha value is -2.22. The molecular weight excluding hydrogens is 311 g/mol. The van der Waals surface area contributed by atoms with Crippen molar-refractivity contribution in [2.24, 2.45) is 0 Å². The molecule has 9 heteroatoms. The number of alkyl halides is 3. The van der Waals surface area contributed by atoms with E-state index >= 15 is 0 Å². The number of halogens is 4. The van der Waals surface area contributed by atoms with Crippen molar-refractivity contribution >= 4 is 17.3 Å². The molecule has 0 aliphatic heterocycles. The second kappa shape index (κ2) is 5.65. The second-order valence-electron chi connectivity index (χ2n) is 3.86. The van der Waals surface area contributed by atoms with Crippen molar-refractivity contribution in [1.82, 2.24) is 9.97 Å². The molecule has 0 bridgehead atoms. The van der Waals surface area contributed by atoms with Crippen molar-refractivity contribution in [2.75, 3.05) is 12.8 Å². The molecule has 112 valence electrons. The predicted molar refractivity (Wildman–Crippen MR) is 69.5 cm³/mol. The first kappa shape index (κ1) is 15.2. The Labute approximate surface area is 122 Å². The number of methoxy groups -OCH3 is 1. The number of anilines is 1. The van der Waals surface area contributed by atoms with Gasteiger partial charge in [0.2, 0.25) is 5.88 Å². The summed E-state index contributed by atoms with van der Waals surface area (Å²) in [4.78, 5) is 7.58. The van der Waals surface area contributed by atoms with E-state index in [1.807, 2.05) is 0 Å². The van der Waals surface area contributed by atoms with Crippen molar-refractivity contribution in [3.8, 4) is 17.6 Å². The van der Waals surface area contributed by atoms with E-state index in [-0.39, 0.29) is 28.3 Å². The summed E-state index contributed by atoms with van der Waals surface area (Å²) < 4.78 is 47.7. The maximum atomic E-state index is 12.5. The van der Waals surface area contributed by atoms with Gasteiger partial charge in [-0.25, -0.2) is 4.98 Å². The normalized spacial score (nSPS) is 11.3. The van der Waals surface area contributed by atoms with Crippen LogP contribution in [0, 0.1) is 0 Å². The molecule has 5 nitrogen and oxygen atoms in total. The van der Waals surface area contributed by atoms with Crippen molar-refractivity contribution in [3.05, 3.63) is 35.0 Å². The standard InChI is InChI=1S/C12H9ClF3N3O2/c1-20-11-18-5-7(13)10(19-11)21-9-3-2-6(4-8(9)17)12(14,15)16/h2-5H,17H2,1H3. The third-order valence-corrected chi connectivity index (χ3v) is 2.68. The lowest BCUT2D eigenvalue weighted by Crippen LogP contribution is -2.06. The van der Waals surface area contributed by atoms with Gasteiger partial charge in [0.1, 0.15) is 5.02 Å². The SMILES string of the molecule is COc1ncc(Cl)c(Oc2ccc(C(F)(F)F)cc2N)n1. The van der Waals surface area contributed by atoms with E-state index in [1.165, 1.54) is 13.3 Å². The third kappa shape index (κ3) is 3.46. The Balaban J connectivity index is 2.32. The zero-order chi connectivity index (χ0) is 15.6. The van der Waals surface area contributed by atoms with Crippen molar-refractivity contribution in [1.29, 1.82) is 0 Å². The molecular formula is C12H9ClF3N3O2. The summed E-state index contributed by atoms with van der Waals surface area (Å²) in [7, 11) is 1.35. The van der Waals surface area contributed by atoms with Crippen LogP contribution in [-0.2, 0) is 6.18 Å². The fourth-order valence-electron chi connectivity index (χ4n) is 1.43. The molecule has 0 aliphatic rings. The van der Waals surface area contributed by atoms with E-state index in [0.29, 0.717) is 0 Å². The number of nitrogens with zero attached hydrogens (tertiary/aromatic N) is 2. The van der Waals surface area contributed by atoms with Crippen LogP contribution < -0.4 is 15.2 Å². The lowest BCUT2D eigenvalue weighted by Gasteiger charge is -2.12. The Morgan fingerprint density at radius 1 is 1.29 bits per heavy atom. The number of nitrogen functional groups attached to an aromatic ring is 1. The third-order valence-electron chi connectivity index (χ3n) is 2.42. The van der Waals surface area contributed by atoms with Gasteiger partial charge < -0.3 is 15.2 Å². The number of rotatable bonds is 3. The molecule has 0 atom stereocenters. The van der Waals surface area contributed by atoms with Crippen LogP contribution >= 0.6 is 11.6 Å². The maximum absolute atomic E-state index is 12.5. The Morgan fingerprint density at radius 3 is 2.57 bits per heavy atom. The van der Waals surface area contributed by atoms with Gasteiger partial charge in [0.15, 0.2) is 5.75 Å². The van der Waals surface area contributed by atoms with Crippen LogP contribution in [0.25, 0.3) is 0 Å². The minimum absolute atomic E-state index is 0.000108. The van der Waals surface area contributed by atoms with Crippen LogP contribution in [-0.4, -0.2) is 17.1 Å². The van der Waals surface area contributed by atoms with E-state index in [4.69, 9.17) is 26.8 Å². The summed E-state index contributed by atoms with van der Waals surface area (Å²) in [5.41, 5.74) is 4.47. The first-order valence-corrected chi connectivity index (χ1v) is 5.90. The minimum atomic E-state index is -4.48. The zero-order valence-corrected chi connectivity index (χ0v) is 11.4. The highest BCUT2D eigenvalue weighted by atomic mass is 35.5. The average Bonchev–Trinajstić information content (AvgIpc) is 2.42. The molecule has 2 rings (SSSR count). The van der Waals surface area contributed by atoms with Gasteiger partial charge in [0.05, 0.1) is 24.6 Å². The van der Waals surface area contributed by atoms with Crippen molar-refractivity contribution < 1.29 is 22.6 Å². The smallest absolute Gasteiger partial charge is 0.416 e. The van der Waals surface area contributed by atoms with Gasteiger partial charge in [-0.3, -0.25) is 0 Å². The number of hydrogen-bond acceptors (Lipinski definition) is 5. The van der Waals surface area contributed by atoms with Crippen molar-refractivity contribution in [3.63, 3.8) is 0 Å². The lowest BCUT2D eigenvalue weighted by atomic mass is 10.2. The molecule has 0 radical (unpaired) electrons. The predicted octanol–water partition coefficient (Wildman–Crippen LogP) is 3.53. The van der Waals surface area contributed by atoms with Crippen LogP contribution in [0.1, 0.15) is 5.56 Å². The van der Waals surface area contributed by atoms with Gasteiger partial charge in [-0.15, -0.1) is 0 Å². The molecule has 1 aromatic carbocycles. The zero-order valence-electron chi connectivity index (χ0n) is 10.6. The van der Waals surface area contributed by atoms with E-state index < -0.39 is 11.7 Å². The fraction of sp³-hybridized carbons (Fsp3) is 0.167.